The van der Waals surface area contributed by atoms with E-state index in [-0.39, 0.29) is 11.8 Å². The minimum Gasteiger partial charge on any atom is -0.326 e. The van der Waals surface area contributed by atoms with Gasteiger partial charge in [0, 0.05) is 16.1 Å². The van der Waals surface area contributed by atoms with Crippen LogP contribution >= 0.6 is 15.9 Å². The first-order chi connectivity index (χ1) is 8.22. The summed E-state index contributed by atoms with van der Waals surface area (Å²) in [6, 6.07) is 7.79. The molecule has 3 rings (SSSR count). The number of carbonyl (C=O) groups excluding carboxylic acids is 1. The van der Waals surface area contributed by atoms with Crippen molar-refractivity contribution in [1.82, 2.24) is 0 Å². The van der Waals surface area contributed by atoms with Crippen molar-refractivity contribution in [2.75, 3.05) is 5.32 Å². The van der Waals surface area contributed by atoms with Crippen LogP contribution < -0.4 is 5.32 Å². The van der Waals surface area contributed by atoms with Gasteiger partial charge in [-0.3, -0.25) is 4.79 Å². The van der Waals surface area contributed by atoms with E-state index in [1.165, 1.54) is 19.3 Å². The molecule has 0 saturated heterocycles. The Bertz CT molecular complexity index is 428. The largest absolute Gasteiger partial charge is 0.326 e. The molecule has 1 N–H and O–H groups in total. The molecular weight excluding hydrogens is 278 g/mol. The molecule has 2 aliphatic carbocycles. The van der Waals surface area contributed by atoms with Crippen LogP contribution in [0.5, 0.6) is 0 Å². The standard InChI is InChI=1S/C14H16BrNO/c15-11-3-5-12(6-4-11)16-14(17)13-8-9-1-2-10(13)7-9/h3-6,9-10,13H,1-2,7-8H2,(H,16,17)/t9-,10-,13-/m1/s1. The SMILES string of the molecule is O=C(Nc1ccc(Br)cc1)[C@@H]1C[C@@H]2CC[C@@H]1C2. The zero-order chi connectivity index (χ0) is 11.8. The van der Waals surface area contributed by atoms with Gasteiger partial charge in [0.1, 0.15) is 0 Å². The maximum absolute atomic E-state index is 12.2. The Hall–Kier alpha value is -0.830. The van der Waals surface area contributed by atoms with Crippen LogP contribution in [0.4, 0.5) is 5.69 Å². The van der Waals surface area contributed by atoms with Crippen molar-refractivity contribution in [3.05, 3.63) is 28.7 Å². The second kappa shape index (κ2) is 4.45. The van der Waals surface area contributed by atoms with E-state index in [1.54, 1.807) is 0 Å². The van der Waals surface area contributed by atoms with Crippen molar-refractivity contribution >= 4 is 27.5 Å². The van der Waals surface area contributed by atoms with Crippen molar-refractivity contribution in [2.45, 2.75) is 25.7 Å². The molecule has 17 heavy (non-hydrogen) atoms. The van der Waals surface area contributed by atoms with E-state index < -0.39 is 0 Å². The van der Waals surface area contributed by atoms with Crippen molar-refractivity contribution in [1.29, 1.82) is 0 Å². The highest BCUT2D eigenvalue weighted by Gasteiger charge is 2.42. The van der Waals surface area contributed by atoms with Gasteiger partial charge in [-0.25, -0.2) is 0 Å². The van der Waals surface area contributed by atoms with Crippen molar-refractivity contribution < 1.29 is 4.79 Å². The molecule has 2 aliphatic rings. The lowest BCUT2D eigenvalue weighted by atomic mass is 9.88. The predicted molar refractivity (Wildman–Crippen MR) is 71.7 cm³/mol. The van der Waals surface area contributed by atoms with Gasteiger partial charge in [-0.1, -0.05) is 22.4 Å². The molecule has 2 bridgehead atoms. The minimum atomic E-state index is 0.222. The molecule has 1 amide bonds. The average Bonchev–Trinajstić information content (AvgIpc) is 2.94. The Balaban J connectivity index is 1.65. The monoisotopic (exact) mass is 293 g/mol. The number of fused-ring (bicyclic) bond motifs is 2. The van der Waals surface area contributed by atoms with Crippen LogP contribution in [0.15, 0.2) is 28.7 Å². The number of halogens is 1. The molecular formula is C14H16BrNO. The third-order valence-corrected chi connectivity index (χ3v) is 4.72. The van der Waals surface area contributed by atoms with Gasteiger partial charge in [-0.2, -0.15) is 0 Å². The molecule has 0 spiro atoms. The van der Waals surface area contributed by atoms with Gasteiger partial charge >= 0.3 is 0 Å². The van der Waals surface area contributed by atoms with Crippen LogP contribution in [-0.4, -0.2) is 5.91 Å². The Kier molecular flexibility index (Phi) is 2.95. The van der Waals surface area contributed by atoms with Gasteiger partial charge in [-0.05, 0) is 55.4 Å². The number of hydrogen-bond donors (Lipinski definition) is 1. The molecule has 2 nitrogen and oxygen atoms in total. The topological polar surface area (TPSA) is 29.1 Å². The highest BCUT2D eigenvalue weighted by Crippen LogP contribution is 2.48. The van der Waals surface area contributed by atoms with Gasteiger partial charge in [0.15, 0.2) is 0 Å². The lowest BCUT2D eigenvalue weighted by molar-refractivity contribution is -0.121. The molecule has 1 aromatic carbocycles. The van der Waals surface area contributed by atoms with E-state index in [4.69, 9.17) is 0 Å². The number of rotatable bonds is 2. The molecule has 3 atom stereocenters. The lowest BCUT2D eigenvalue weighted by Crippen LogP contribution is -2.27. The molecule has 3 heteroatoms. The fourth-order valence-electron chi connectivity index (χ4n) is 3.33. The van der Waals surface area contributed by atoms with Gasteiger partial charge in [-0.15, -0.1) is 0 Å². The number of anilines is 1. The van der Waals surface area contributed by atoms with Gasteiger partial charge < -0.3 is 5.32 Å². The molecule has 1 aromatic rings. The first-order valence-electron chi connectivity index (χ1n) is 6.29. The van der Waals surface area contributed by atoms with E-state index in [0.717, 1.165) is 22.5 Å². The zero-order valence-electron chi connectivity index (χ0n) is 9.66. The van der Waals surface area contributed by atoms with E-state index in [2.05, 4.69) is 21.2 Å². The second-order valence-electron chi connectivity index (χ2n) is 5.28. The first-order valence-corrected chi connectivity index (χ1v) is 7.08. The van der Waals surface area contributed by atoms with Crippen LogP contribution in [0.25, 0.3) is 0 Å². The Morgan fingerprint density at radius 2 is 1.94 bits per heavy atom. The molecule has 0 heterocycles. The summed E-state index contributed by atoms with van der Waals surface area (Å²) in [5.41, 5.74) is 0.904. The molecule has 2 fully saturated rings. The smallest absolute Gasteiger partial charge is 0.227 e. The molecule has 0 unspecified atom stereocenters. The van der Waals surface area contributed by atoms with Gasteiger partial charge in [0.25, 0.3) is 0 Å². The van der Waals surface area contributed by atoms with Crippen molar-refractivity contribution in [3.63, 3.8) is 0 Å². The van der Waals surface area contributed by atoms with Gasteiger partial charge in [0.05, 0.1) is 0 Å². The summed E-state index contributed by atoms with van der Waals surface area (Å²) in [5.74, 6) is 1.95. The summed E-state index contributed by atoms with van der Waals surface area (Å²) in [5, 5.41) is 3.04. The Morgan fingerprint density at radius 3 is 2.53 bits per heavy atom. The molecule has 90 valence electrons. The number of nitrogens with one attached hydrogen (secondary N) is 1. The number of hydrogen-bond acceptors (Lipinski definition) is 1. The highest BCUT2D eigenvalue weighted by molar-refractivity contribution is 9.10. The summed E-state index contributed by atoms with van der Waals surface area (Å²) in [6.07, 6.45) is 4.97. The van der Waals surface area contributed by atoms with Crippen molar-refractivity contribution in [3.8, 4) is 0 Å². The first kappa shape index (κ1) is 11.3. The Morgan fingerprint density at radius 1 is 1.18 bits per heavy atom. The summed E-state index contributed by atoms with van der Waals surface area (Å²) in [4.78, 5) is 12.2. The van der Waals surface area contributed by atoms with E-state index >= 15 is 0 Å². The Labute approximate surface area is 110 Å². The molecule has 0 aliphatic heterocycles. The molecule has 0 radical (unpaired) electrons. The lowest BCUT2D eigenvalue weighted by Gasteiger charge is -2.20. The summed E-state index contributed by atoms with van der Waals surface area (Å²) < 4.78 is 1.04. The molecule has 0 aromatic heterocycles. The summed E-state index contributed by atoms with van der Waals surface area (Å²) in [7, 11) is 0. The second-order valence-corrected chi connectivity index (χ2v) is 6.19. The van der Waals surface area contributed by atoms with Gasteiger partial charge in [0.2, 0.25) is 5.91 Å². The van der Waals surface area contributed by atoms with Crippen molar-refractivity contribution in [2.24, 2.45) is 17.8 Å². The maximum Gasteiger partial charge on any atom is 0.227 e. The maximum atomic E-state index is 12.2. The third kappa shape index (κ3) is 2.25. The van der Waals surface area contributed by atoms with E-state index in [9.17, 15) is 4.79 Å². The zero-order valence-corrected chi connectivity index (χ0v) is 11.2. The van der Waals surface area contributed by atoms with Crippen LogP contribution in [0.2, 0.25) is 0 Å². The summed E-state index contributed by atoms with van der Waals surface area (Å²) in [6.45, 7) is 0. The van der Waals surface area contributed by atoms with E-state index in [1.807, 2.05) is 24.3 Å². The van der Waals surface area contributed by atoms with E-state index in [0.29, 0.717) is 5.92 Å². The number of carbonyl (C=O) groups is 1. The predicted octanol–water partition coefficient (Wildman–Crippen LogP) is 3.82. The van der Waals surface area contributed by atoms with Crippen LogP contribution in [0, 0.1) is 17.8 Å². The molecule has 2 saturated carbocycles. The van der Waals surface area contributed by atoms with Crippen LogP contribution in [-0.2, 0) is 4.79 Å². The fourth-order valence-corrected chi connectivity index (χ4v) is 3.60. The van der Waals surface area contributed by atoms with Crippen LogP contribution in [0.3, 0.4) is 0 Å². The third-order valence-electron chi connectivity index (χ3n) is 4.19. The highest BCUT2D eigenvalue weighted by atomic mass is 79.9. The number of amides is 1. The number of benzene rings is 1. The quantitative estimate of drug-likeness (QED) is 0.882. The van der Waals surface area contributed by atoms with Crippen LogP contribution in [0.1, 0.15) is 25.7 Å². The average molecular weight is 294 g/mol. The normalized spacial score (nSPS) is 30.5. The fraction of sp³-hybridized carbons (Fsp3) is 0.500. The minimum absolute atomic E-state index is 0.222. The summed E-state index contributed by atoms with van der Waals surface area (Å²) >= 11 is 3.39.